The molecule has 0 bridgehead atoms. The summed E-state index contributed by atoms with van der Waals surface area (Å²) >= 11 is 6.57. The van der Waals surface area contributed by atoms with Crippen molar-refractivity contribution in [3.63, 3.8) is 0 Å². The average molecular weight is 555 g/mol. The number of methoxy groups -OCH3 is 2. The van der Waals surface area contributed by atoms with Gasteiger partial charge in [0, 0.05) is 46.5 Å². The van der Waals surface area contributed by atoms with Crippen LogP contribution in [0.4, 0.5) is 5.69 Å². The van der Waals surface area contributed by atoms with Crippen LogP contribution in [0.25, 0.3) is 0 Å². The number of benzene rings is 2. The SMILES string of the molecule is COc1ccc([C@@H]2CC(=O)C3=C(C2)NC(C)=C(C(=O)OCC(C)C)[C@H]3c2cc([N+](=O)[O-])ccc2Cl)cc1OC. The summed E-state index contributed by atoms with van der Waals surface area (Å²) in [5.74, 6) is -0.603. The predicted molar refractivity (Wildman–Crippen MR) is 146 cm³/mol. The molecule has 2 aromatic rings. The van der Waals surface area contributed by atoms with Crippen molar-refractivity contribution in [2.24, 2.45) is 5.92 Å². The molecule has 10 heteroatoms. The largest absolute Gasteiger partial charge is 0.493 e. The molecule has 0 saturated heterocycles. The van der Waals surface area contributed by atoms with E-state index in [1.54, 1.807) is 27.2 Å². The Balaban J connectivity index is 1.82. The summed E-state index contributed by atoms with van der Waals surface area (Å²) in [4.78, 5) is 38.3. The lowest BCUT2D eigenvalue weighted by atomic mass is 9.71. The molecule has 0 radical (unpaired) electrons. The van der Waals surface area contributed by atoms with Gasteiger partial charge in [-0.2, -0.15) is 0 Å². The van der Waals surface area contributed by atoms with Crippen LogP contribution in [0, 0.1) is 16.0 Å². The summed E-state index contributed by atoms with van der Waals surface area (Å²) in [5.41, 5.74) is 2.78. The van der Waals surface area contributed by atoms with Gasteiger partial charge in [0.15, 0.2) is 17.3 Å². The Morgan fingerprint density at radius 3 is 2.49 bits per heavy atom. The Kier molecular flexibility index (Phi) is 8.30. The van der Waals surface area contributed by atoms with Gasteiger partial charge < -0.3 is 19.5 Å². The van der Waals surface area contributed by atoms with Crippen LogP contribution in [0.1, 0.15) is 56.6 Å². The number of carbonyl (C=O) groups excluding carboxylic acids is 2. The molecule has 0 aromatic heterocycles. The lowest BCUT2D eigenvalue weighted by Gasteiger charge is -2.37. The van der Waals surface area contributed by atoms with Crippen molar-refractivity contribution in [2.45, 2.75) is 45.4 Å². The fraction of sp³-hybridized carbons (Fsp3) is 0.379. The van der Waals surface area contributed by atoms with Crippen molar-refractivity contribution < 1.29 is 28.7 Å². The van der Waals surface area contributed by atoms with Gasteiger partial charge in [0.25, 0.3) is 5.69 Å². The molecule has 1 N–H and O–H groups in total. The maximum absolute atomic E-state index is 13.8. The molecular formula is C29H31ClN2O7. The van der Waals surface area contributed by atoms with E-state index in [9.17, 15) is 19.7 Å². The number of dihydropyridines is 1. The third-order valence-corrected chi connectivity index (χ3v) is 7.32. The molecule has 0 unspecified atom stereocenters. The molecule has 1 aliphatic carbocycles. The summed E-state index contributed by atoms with van der Waals surface area (Å²) in [6, 6.07) is 9.61. The molecule has 2 atom stereocenters. The van der Waals surface area contributed by atoms with Gasteiger partial charge in [-0.25, -0.2) is 4.79 Å². The third kappa shape index (κ3) is 5.63. The molecule has 0 fully saturated rings. The summed E-state index contributed by atoms with van der Waals surface area (Å²) in [6.07, 6.45) is 0.650. The molecule has 1 aliphatic heterocycles. The van der Waals surface area contributed by atoms with Crippen LogP contribution >= 0.6 is 11.6 Å². The van der Waals surface area contributed by atoms with Crippen LogP contribution in [0.2, 0.25) is 5.02 Å². The number of hydrogen-bond donors (Lipinski definition) is 1. The van der Waals surface area contributed by atoms with Crippen LogP contribution < -0.4 is 14.8 Å². The number of rotatable bonds is 8. The molecule has 39 heavy (non-hydrogen) atoms. The van der Waals surface area contributed by atoms with Crippen LogP contribution in [0.3, 0.4) is 0 Å². The van der Waals surface area contributed by atoms with E-state index in [1.165, 1.54) is 18.2 Å². The molecule has 9 nitrogen and oxygen atoms in total. The van der Waals surface area contributed by atoms with Crippen molar-refractivity contribution >= 4 is 29.0 Å². The van der Waals surface area contributed by atoms with Crippen molar-refractivity contribution in [3.05, 3.63) is 85.2 Å². The van der Waals surface area contributed by atoms with Crippen molar-refractivity contribution in [3.8, 4) is 11.5 Å². The Bertz CT molecular complexity index is 1400. The molecule has 1 heterocycles. The van der Waals surface area contributed by atoms with E-state index in [0.717, 1.165) is 5.56 Å². The zero-order chi connectivity index (χ0) is 28.4. The number of hydrogen-bond acceptors (Lipinski definition) is 8. The topological polar surface area (TPSA) is 117 Å². The fourth-order valence-corrected chi connectivity index (χ4v) is 5.38. The number of nitrogens with zero attached hydrogens (tertiary/aromatic N) is 1. The number of ketones is 1. The maximum Gasteiger partial charge on any atom is 0.336 e. The highest BCUT2D eigenvalue weighted by Crippen LogP contribution is 2.48. The van der Waals surface area contributed by atoms with E-state index in [1.807, 2.05) is 26.0 Å². The van der Waals surface area contributed by atoms with Crippen LogP contribution in [-0.4, -0.2) is 37.5 Å². The van der Waals surface area contributed by atoms with Gasteiger partial charge in [-0.05, 0) is 54.5 Å². The first-order valence-corrected chi connectivity index (χ1v) is 13.0. The van der Waals surface area contributed by atoms with Crippen LogP contribution in [-0.2, 0) is 14.3 Å². The summed E-state index contributed by atoms with van der Waals surface area (Å²) in [7, 11) is 3.11. The quantitative estimate of drug-likeness (QED) is 0.246. The lowest BCUT2D eigenvalue weighted by Crippen LogP contribution is -2.36. The molecule has 0 amide bonds. The second-order valence-corrected chi connectivity index (χ2v) is 10.5. The van der Waals surface area contributed by atoms with Gasteiger partial charge in [-0.15, -0.1) is 0 Å². The summed E-state index contributed by atoms with van der Waals surface area (Å²) in [6.45, 7) is 5.76. The van der Waals surface area contributed by atoms with Gasteiger partial charge in [-0.1, -0.05) is 31.5 Å². The molecular weight excluding hydrogens is 524 g/mol. The number of halogens is 1. The normalized spacial score (nSPS) is 19.0. The maximum atomic E-state index is 13.8. The number of carbonyl (C=O) groups is 2. The van der Waals surface area contributed by atoms with E-state index in [-0.39, 0.29) is 46.9 Å². The number of ether oxygens (including phenoxy) is 3. The number of allylic oxidation sites excluding steroid dienone is 3. The zero-order valence-electron chi connectivity index (χ0n) is 22.5. The minimum absolute atomic E-state index is 0.0968. The number of nitro groups is 1. The Hall–Kier alpha value is -3.85. The van der Waals surface area contributed by atoms with Gasteiger partial charge >= 0.3 is 5.97 Å². The first kappa shape index (κ1) is 28.2. The summed E-state index contributed by atoms with van der Waals surface area (Å²) in [5, 5.41) is 15.1. The van der Waals surface area contributed by atoms with E-state index in [0.29, 0.717) is 40.5 Å². The highest BCUT2D eigenvalue weighted by molar-refractivity contribution is 6.31. The van der Waals surface area contributed by atoms with Crippen LogP contribution in [0.5, 0.6) is 11.5 Å². The first-order chi connectivity index (χ1) is 18.5. The van der Waals surface area contributed by atoms with Crippen molar-refractivity contribution in [2.75, 3.05) is 20.8 Å². The number of non-ortho nitro benzene ring substituents is 1. The van der Waals surface area contributed by atoms with Crippen LogP contribution in [0.15, 0.2) is 58.9 Å². The average Bonchev–Trinajstić information content (AvgIpc) is 2.90. The first-order valence-electron chi connectivity index (χ1n) is 12.6. The van der Waals surface area contributed by atoms with Gasteiger partial charge in [0.2, 0.25) is 0 Å². The smallest absolute Gasteiger partial charge is 0.336 e. The van der Waals surface area contributed by atoms with Gasteiger partial charge in [0.05, 0.1) is 31.3 Å². The third-order valence-electron chi connectivity index (χ3n) is 6.98. The second-order valence-electron chi connectivity index (χ2n) is 10.1. The molecule has 2 aliphatic rings. The highest BCUT2D eigenvalue weighted by atomic mass is 35.5. The minimum Gasteiger partial charge on any atom is -0.493 e. The highest BCUT2D eigenvalue weighted by Gasteiger charge is 2.42. The Labute approximate surface area is 231 Å². The number of Topliss-reactive ketones (excluding diaryl/α,β-unsaturated/α-hetero) is 1. The Morgan fingerprint density at radius 2 is 1.85 bits per heavy atom. The molecule has 206 valence electrons. The van der Waals surface area contributed by atoms with E-state index < -0.39 is 16.8 Å². The molecule has 0 saturated carbocycles. The predicted octanol–water partition coefficient (Wildman–Crippen LogP) is 5.83. The van der Waals surface area contributed by atoms with Crippen molar-refractivity contribution in [1.82, 2.24) is 5.32 Å². The van der Waals surface area contributed by atoms with E-state index in [2.05, 4.69) is 5.32 Å². The minimum atomic E-state index is -0.910. The molecule has 2 aromatic carbocycles. The number of nitrogens with one attached hydrogen (secondary N) is 1. The number of nitro benzene ring substituents is 1. The van der Waals surface area contributed by atoms with Crippen molar-refractivity contribution in [1.29, 1.82) is 0 Å². The number of esters is 1. The Morgan fingerprint density at radius 1 is 1.13 bits per heavy atom. The second kappa shape index (κ2) is 11.5. The summed E-state index contributed by atoms with van der Waals surface area (Å²) < 4.78 is 16.4. The zero-order valence-corrected chi connectivity index (χ0v) is 23.3. The molecule has 0 spiro atoms. The van der Waals surface area contributed by atoms with E-state index in [4.69, 9.17) is 25.8 Å². The standard InChI is InChI=1S/C29H31ClN2O7/c1-15(2)14-39-29(34)26-16(3)31-22-10-18(17-6-9-24(37-4)25(12-17)38-5)11-23(33)28(22)27(26)20-13-19(32(35)36)7-8-21(20)30/h6-9,12-13,15,18,27,31H,10-11,14H2,1-5H3/t18-,27+/m0/s1. The molecule has 4 rings (SSSR count). The lowest BCUT2D eigenvalue weighted by molar-refractivity contribution is -0.384. The van der Waals surface area contributed by atoms with Gasteiger partial charge in [-0.3, -0.25) is 14.9 Å². The fourth-order valence-electron chi connectivity index (χ4n) is 5.15. The van der Waals surface area contributed by atoms with Gasteiger partial charge in [0.1, 0.15) is 0 Å². The van der Waals surface area contributed by atoms with E-state index >= 15 is 0 Å². The monoisotopic (exact) mass is 554 g/mol.